The van der Waals surface area contributed by atoms with E-state index in [1.54, 1.807) is 0 Å². The summed E-state index contributed by atoms with van der Waals surface area (Å²) in [4.78, 5) is 21.3. The Labute approximate surface area is 97.6 Å². The molecule has 1 unspecified atom stereocenters. The highest BCUT2D eigenvalue weighted by atomic mass is 16.6. The number of nitriles is 1. The van der Waals surface area contributed by atoms with Crippen molar-refractivity contribution in [3.05, 3.63) is 33.9 Å². The zero-order valence-corrected chi connectivity index (χ0v) is 9.34. The van der Waals surface area contributed by atoms with E-state index in [0.29, 0.717) is 0 Å². The van der Waals surface area contributed by atoms with E-state index in [1.807, 2.05) is 6.07 Å². The van der Waals surface area contributed by atoms with Crippen LogP contribution in [0.25, 0.3) is 0 Å². The molecular formula is C11H10N2O4. The van der Waals surface area contributed by atoms with Gasteiger partial charge in [0, 0.05) is 12.1 Å². The van der Waals surface area contributed by atoms with Gasteiger partial charge in [-0.3, -0.25) is 14.9 Å². The van der Waals surface area contributed by atoms with Gasteiger partial charge < -0.3 is 4.74 Å². The van der Waals surface area contributed by atoms with Crippen LogP contribution < -0.4 is 4.74 Å². The third-order valence-corrected chi connectivity index (χ3v) is 2.04. The van der Waals surface area contributed by atoms with Gasteiger partial charge in [0.1, 0.15) is 11.8 Å². The molecule has 1 aromatic carbocycles. The van der Waals surface area contributed by atoms with Crippen LogP contribution in [-0.2, 0) is 0 Å². The van der Waals surface area contributed by atoms with Crippen LogP contribution in [0.5, 0.6) is 5.75 Å². The SMILES string of the molecule is CC(=O)c1cc([N+](=O)[O-])ccc1OC(C)C#N. The zero-order chi connectivity index (χ0) is 13.0. The molecule has 0 saturated heterocycles. The second-order valence-corrected chi connectivity index (χ2v) is 3.38. The van der Waals surface area contributed by atoms with Crippen LogP contribution in [0, 0.1) is 21.4 Å². The number of ether oxygens (including phenoxy) is 1. The minimum atomic E-state index is -0.727. The fourth-order valence-corrected chi connectivity index (χ4v) is 1.23. The molecule has 0 aliphatic rings. The number of nitrogens with zero attached hydrogens (tertiary/aromatic N) is 2. The number of ketones is 1. The van der Waals surface area contributed by atoms with Gasteiger partial charge in [0.25, 0.3) is 5.69 Å². The highest BCUT2D eigenvalue weighted by Crippen LogP contribution is 2.25. The summed E-state index contributed by atoms with van der Waals surface area (Å²) in [6.07, 6.45) is -0.727. The molecule has 88 valence electrons. The third kappa shape index (κ3) is 3.01. The van der Waals surface area contributed by atoms with Gasteiger partial charge in [-0.05, 0) is 19.9 Å². The van der Waals surface area contributed by atoms with E-state index in [1.165, 1.54) is 26.0 Å². The van der Waals surface area contributed by atoms with Crippen molar-refractivity contribution in [2.45, 2.75) is 20.0 Å². The number of hydrogen-bond acceptors (Lipinski definition) is 5. The van der Waals surface area contributed by atoms with Crippen LogP contribution in [0.4, 0.5) is 5.69 Å². The molecule has 1 atom stereocenters. The minimum absolute atomic E-state index is 0.0984. The maximum Gasteiger partial charge on any atom is 0.270 e. The molecule has 0 N–H and O–H groups in total. The molecule has 17 heavy (non-hydrogen) atoms. The van der Waals surface area contributed by atoms with Crippen molar-refractivity contribution in [1.29, 1.82) is 5.26 Å². The summed E-state index contributed by atoms with van der Waals surface area (Å²) in [6, 6.07) is 5.54. The molecule has 0 spiro atoms. The van der Waals surface area contributed by atoms with Gasteiger partial charge in [0.15, 0.2) is 11.9 Å². The third-order valence-electron chi connectivity index (χ3n) is 2.04. The zero-order valence-electron chi connectivity index (χ0n) is 9.34. The largest absolute Gasteiger partial charge is 0.475 e. The van der Waals surface area contributed by atoms with Crippen molar-refractivity contribution in [3.63, 3.8) is 0 Å². The van der Waals surface area contributed by atoms with E-state index in [9.17, 15) is 14.9 Å². The summed E-state index contributed by atoms with van der Waals surface area (Å²) in [5.41, 5.74) is -0.0894. The maximum absolute atomic E-state index is 11.3. The average Bonchev–Trinajstić information content (AvgIpc) is 2.28. The number of hydrogen-bond donors (Lipinski definition) is 0. The summed E-state index contributed by atoms with van der Waals surface area (Å²) in [6.45, 7) is 2.80. The van der Waals surface area contributed by atoms with E-state index in [0.717, 1.165) is 6.07 Å². The molecule has 1 aromatic rings. The van der Waals surface area contributed by atoms with Crippen molar-refractivity contribution in [1.82, 2.24) is 0 Å². The highest BCUT2D eigenvalue weighted by molar-refractivity contribution is 5.97. The standard InChI is InChI=1S/C11H10N2O4/c1-7(6-12)17-11-4-3-9(13(15)16)5-10(11)8(2)14/h3-5,7H,1-2H3. The normalized spacial score (nSPS) is 11.4. The summed E-state index contributed by atoms with van der Waals surface area (Å²) in [5.74, 6) is -0.175. The molecule has 6 heteroatoms. The van der Waals surface area contributed by atoms with Crippen LogP contribution in [0.2, 0.25) is 0 Å². The van der Waals surface area contributed by atoms with Crippen LogP contribution in [0.1, 0.15) is 24.2 Å². The summed E-state index contributed by atoms with van der Waals surface area (Å²) in [5, 5.41) is 19.2. The number of carbonyl (C=O) groups excluding carboxylic acids is 1. The second kappa shape index (κ2) is 5.07. The van der Waals surface area contributed by atoms with Gasteiger partial charge in [0.05, 0.1) is 10.5 Å². The number of nitro benzene ring substituents is 1. The second-order valence-electron chi connectivity index (χ2n) is 3.38. The highest BCUT2D eigenvalue weighted by Gasteiger charge is 2.16. The van der Waals surface area contributed by atoms with Gasteiger partial charge >= 0.3 is 0 Å². The molecule has 0 aromatic heterocycles. The molecule has 0 fully saturated rings. The Kier molecular flexibility index (Phi) is 3.78. The number of nitro groups is 1. The van der Waals surface area contributed by atoms with Crippen molar-refractivity contribution in [2.24, 2.45) is 0 Å². The molecule has 0 bridgehead atoms. The number of carbonyl (C=O) groups is 1. The van der Waals surface area contributed by atoms with Gasteiger partial charge in [-0.25, -0.2) is 0 Å². The molecular weight excluding hydrogens is 224 g/mol. The fraction of sp³-hybridized carbons (Fsp3) is 0.273. The molecule has 0 amide bonds. The Morgan fingerprint density at radius 3 is 2.71 bits per heavy atom. The van der Waals surface area contributed by atoms with E-state index >= 15 is 0 Å². The van der Waals surface area contributed by atoms with Crippen LogP contribution in [-0.4, -0.2) is 16.8 Å². The van der Waals surface area contributed by atoms with Crippen molar-refractivity contribution in [3.8, 4) is 11.8 Å². The molecule has 1 rings (SSSR count). The Hall–Kier alpha value is -2.42. The first-order chi connectivity index (χ1) is 7.95. The average molecular weight is 234 g/mol. The summed E-state index contributed by atoms with van der Waals surface area (Å²) >= 11 is 0. The first-order valence-electron chi connectivity index (χ1n) is 4.81. The molecule has 6 nitrogen and oxygen atoms in total. The minimum Gasteiger partial charge on any atom is -0.475 e. The Bertz CT molecular complexity index is 505. The number of rotatable bonds is 4. The van der Waals surface area contributed by atoms with E-state index < -0.39 is 11.0 Å². The lowest BCUT2D eigenvalue weighted by atomic mass is 10.1. The van der Waals surface area contributed by atoms with Crippen molar-refractivity contribution >= 4 is 11.5 Å². The van der Waals surface area contributed by atoms with Gasteiger partial charge in [-0.1, -0.05) is 0 Å². The van der Waals surface area contributed by atoms with E-state index in [4.69, 9.17) is 10.00 Å². The lowest BCUT2D eigenvalue weighted by Crippen LogP contribution is -2.11. The van der Waals surface area contributed by atoms with Crippen molar-refractivity contribution in [2.75, 3.05) is 0 Å². The topological polar surface area (TPSA) is 93.2 Å². The number of benzene rings is 1. The molecule has 0 saturated carbocycles. The Morgan fingerprint density at radius 1 is 1.59 bits per heavy atom. The maximum atomic E-state index is 11.3. The Morgan fingerprint density at radius 2 is 2.24 bits per heavy atom. The summed E-state index contributed by atoms with van der Waals surface area (Å²) < 4.78 is 5.19. The first-order valence-corrected chi connectivity index (χ1v) is 4.81. The van der Waals surface area contributed by atoms with Gasteiger partial charge in [-0.2, -0.15) is 5.26 Å². The van der Waals surface area contributed by atoms with Crippen LogP contribution >= 0.6 is 0 Å². The quantitative estimate of drug-likeness (QED) is 0.451. The molecule has 0 heterocycles. The fourth-order valence-electron chi connectivity index (χ4n) is 1.23. The van der Waals surface area contributed by atoms with Crippen molar-refractivity contribution < 1.29 is 14.5 Å². The van der Waals surface area contributed by atoms with Crippen LogP contribution in [0.3, 0.4) is 0 Å². The van der Waals surface area contributed by atoms with Gasteiger partial charge in [-0.15, -0.1) is 0 Å². The van der Waals surface area contributed by atoms with Gasteiger partial charge in [0.2, 0.25) is 0 Å². The summed E-state index contributed by atoms with van der Waals surface area (Å²) in [7, 11) is 0. The predicted molar refractivity (Wildman–Crippen MR) is 58.8 cm³/mol. The lowest BCUT2D eigenvalue weighted by Gasteiger charge is -2.10. The Balaban J connectivity index is 3.18. The lowest BCUT2D eigenvalue weighted by molar-refractivity contribution is -0.384. The van der Waals surface area contributed by atoms with E-state index in [-0.39, 0.29) is 22.8 Å². The van der Waals surface area contributed by atoms with E-state index in [2.05, 4.69) is 0 Å². The monoisotopic (exact) mass is 234 g/mol. The first kappa shape index (κ1) is 12.6. The predicted octanol–water partition coefficient (Wildman–Crippen LogP) is 2.09. The van der Waals surface area contributed by atoms with Crippen LogP contribution in [0.15, 0.2) is 18.2 Å². The smallest absolute Gasteiger partial charge is 0.270 e. The molecule has 0 radical (unpaired) electrons. The molecule has 0 aliphatic heterocycles. The number of non-ortho nitro benzene ring substituents is 1. The molecule has 0 aliphatic carbocycles. The number of Topliss-reactive ketones (excluding diaryl/α,β-unsaturated/α-hetero) is 1.